The smallest absolute Gasteiger partial charge is 0.304 e. The summed E-state index contributed by atoms with van der Waals surface area (Å²) in [6.45, 7) is 0. The Hall–Kier alpha value is -1.22. The zero-order valence-corrected chi connectivity index (χ0v) is 9.75. The minimum atomic E-state index is -0.778. The number of carboxylic acid groups (broad SMARTS) is 1. The molecule has 0 saturated heterocycles. The Kier molecular flexibility index (Phi) is 2.80. The summed E-state index contributed by atoms with van der Waals surface area (Å²) in [5, 5.41) is 9.45. The molecular formula is C12H13ClO3. The number of carboxylic acids is 1. The highest BCUT2D eigenvalue weighted by atomic mass is 35.5. The van der Waals surface area contributed by atoms with Crippen molar-refractivity contribution in [2.45, 2.75) is 24.7 Å². The lowest BCUT2D eigenvalue weighted by Crippen LogP contribution is -2.14. The van der Waals surface area contributed by atoms with Crippen molar-refractivity contribution < 1.29 is 14.6 Å². The molecule has 0 radical (unpaired) electrons. The highest BCUT2D eigenvalue weighted by Crippen LogP contribution is 2.54. The van der Waals surface area contributed by atoms with Crippen LogP contribution in [0.1, 0.15) is 24.8 Å². The molecule has 0 bridgehead atoms. The van der Waals surface area contributed by atoms with E-state index in [4.69, 9.17) is 21.4 Å². The fraction of sp³-hybridized carbons (Fsp3) is 0.417. The number of hydrogen-bond acceptors (Lipinski definition) is 2. The van der Waals surface area contributed by atoms with Crippen molar-refractivity contribution in [1.29, 1.82) is 0 Å². The minimum absolute atomic E-state index is 0.143. The SMILES string of the molecule is COc1c(Cl)cccc1C1(CC(=O)O)CC1. The predicted molar refractivity (Wildman–Crippen MR) is 61.2 cm³/mol. The Morgan fingerprint density at radius 2 is 2.25 bits per heavy atom. The quantitative estimate of drug-likeness (QED) is 0.880. The first-order valence-electron chi connectivity index (χ1n) is 5.14. The van der Waals surface area contributed by atoms with E-state index in [1.54, 1.807) is 13.2 Å². The third kappa shape index (κ3) is 1.87. The number of carbonyl (C=O) groups is 1. The first kappa shape index (κ1) is 11.3. The molecule has 1 aromatic rings. The maximum Gasteiger partial charge on any atom is 0.304 e. The molecule has 3 nitrogen and oxygen atoms in total. The Balaban J connectivity index is 2.40. The number of aliphatic carboxylic acids is 1. The van der Waals surface area contributed by atoms with Gasteiger partial charge in [-0.1, -0.05) is 23.7 Å². The van der Waals surface area contributed by atoms with Crippen molar-refractivity contribution in [3.8, 4) is 5.75 Å². The summed E-state index contributed by atoms with van der Waals surface area (Å²) in [7, 11) is 1.56. The highest BCUT2D eigenvalue weighted by molar-refractivity contribution is 6.32. The summed E-state index contributed by atoms with van der Waals surface area (Å²) in [4.78, 5) is 10.8. The summed E-state index contributed by atoms with van der Waals surface area (Å²) >= 11 is 6.03. The van der Waals surface area contributed by atoms with E-state index in [0.717, 1.165) is 18.4 Å². The second-order valence-electron chi connectivity index (χ2n) is 4.17. The molecule has 0 aliphatic heterocycles. The van der Waals surface area contributed by atoms with Gasteiger partial charge in [0, 0.05) is 11.0 Å². The summed E-state index contributed by atoms with van der Waals surface area (Å²) < 4.78 is 5.26. The Morgan fingerprint density at radius 1 is 1.56 bits per heavy atom. The van der Waals surface area contributed by atoms with Gasteiger partial charge in [-0.2, -0.15) is 0 Å². The molecule has 0 amide bonds. The molecule has 2 rings (SSSR count). The van der Waals surface area contributed by atoms with Crippen LogP contribution in [0.25, 0.3) is 0 Å². The predicted octanol–water partition coefficient (Wildman–Crippen LogP) is 2.85. The molecule has 1 saturated carbocycles. The summed E-state index contributed by atoms with van der Waals surface area (Å²) in [5.74, 6) is -0.164. The van der Waals surface area contributed by atoms with Crippen LogP contribution in [0.15, 0.2) is 18.2 Å². The lowest BCUT2D eigenvalue weighted by Gasteiger charge is -2.17. The van der Waals surface area contributed by atoms with Crippen LogP contribution in [0.4, 0.5) is 0 Å². The largest absolute Gasteiger partial charge is 0.495 e. The van der Waals surface area contributed by atoms with Crippen LogP contribution in [0.3, 0.4) is 0 Å². The number of halogens is 1. The fourth-order valence-corrected chi connectivity index (χ4v) is 2.37. The Labute approximate surface area is 99.0 Å². The molecule has 0 heterocycles. The van der Waals surface area contributed by atoms with Gasteiger partial charge in [0.2, 0.25) is 0 Å². The van der Waals surface area contributed by atoms with Gasteiger partial charge in [0.05, 0.1) is 18.6 Å². The Bertz CT molecular complexity index is 424. The second kappa shape index (κ2) is 3.98. The Morgan fingerprint density at radius 3 is 2.75 bits per heavy atom. The van der Waals surface area contributed by atoms with Gasteiger partial charge in [0.15, 0.2) is 0 Å². The first-order valence-corrected chi connectivity index (χ1v) is 5.52. The van der Waals surface area contributed by atoms with E-state index in [-0.39, 0.29) is 11.8 Å². The van der Waals surface area contributed by atoms with Gasteiger partial charge in [-0.05, 0) is 18.9 Å². The van der Waals surface area contributed by atoms with E-state index in [2.05, 4.69) is 0 Å². The molecule has 4 heteroatoms. The van der Waals surface area contributed by atoms with Crippen molar-refractivity contribution in [3.05, 3.63) is 28.8 Å². The molecule has 1 aromatic carbocycles. The number of hydrogen-bond donors (Lipinski definition) is 1. The van der Waals surface area contributed by atoms with Crippen molar-refractivity contribution in [2.75, 3.05) is 7.11 Å². The average Bonchev–Trinajstić information content (AvgIpc) is 2.97. The molecule has 0 spiro atoms. The van der Waals surface area contributed by atoms with Crippen molar-refractivity contribution in [1.82, 2.24) is 0 Å². The maximum absolute atomic E-state index is 10.8. The third-order valence-corrected chi connectivity index (χ3v) is 3.38. The molecule has 0 aromatic heterocycles. The van der Waals surface area contributed by atoms with E-state index in [1.165, 1.54) is 0 Å². The summed E-state index contributed by atoms with van der Waals surface area (Å²) in [6.07, 6.45) is 1.91. The van der Waals surface area contributed by atoms with Gasteiger partial charge in [0.25, 0.3) is 0 Å². The third-order valence-electron chi connectivity index (χ3n) is 3.09. The first-order chi connectivity index (χ1) is 7.59. The highest BCUT2D eigenvalue weighted by Gasteiger charge is 2.47. The monoisotopic (exact) mass is 240 g/mol. The summed E-state index contributed by atoms with van der Waals surface area (Å²) in [5.41, 5.74) is 0.659. The van der Waals surface area contributed by atoms with Crippen molar-refractivity contribution in [3.63, 3.8) is 0 Å². The van der Waals surface area contributed by atoms with Gasteiger partial charge in [-0.3, -0.25) is 4.79 Å². The second-order valence-corrected chi connectivity index (χ2v) is 4.58. The molecular weight excluding hydrogens is 228 g/mol. The molecule has 1 aliphatic carbocycles. The lowest BCUT2D eigenvalue weighted by atomic mass is 9.91. The van der Waals surface area contributed by atoms with Crippen molar-refractivity contribution >= 4 is 17.6 Å². The molecule has 86 valence electrons. The van der Waals surface area contributed by atoms with Crippen LogP contribution >= 0.6 is 11.6 Å². The number of ether oxygens (including phenoxy) is 1. The van der Waals surface area contributed by atoms with E-state index >= 15 is 0 Å². The fourth-order valence-electron chi connectivity index (χ4n) is 2.12. The van der Waals surface area contributed by atoms with Gasteiger partial charge in [-0.15, -0.1) is 0 Å². The molecule has 0 atom stereocenters. The van der Waals surface area contributed by atoms with Gasteiger partial charge in [0.1, 0.15) is 5.75 Å². The van der Waals surface area contributed by atoms with E-state index in [0.29, 0.717) is 10.8 Å². The normalized spacial score (nSPS) is 16.9. The van der Waals surface area contributed by atoms with Gasteiger partial charge in [-0.25, -0.2) is 0 Å². The van der Waals surface area contributed by atoms with Crippen molar-refractivity contribution in [2.24, 2.45) is 0 Å². The lowest BCUT2D eigenvalue weighted by molar-refractivity contribution is -0.137. The molecule has 1 fully saturated rings. The summed E-state index contributed by atoms with van der Waals surface area (Å²) in [6, 6.07) is 5.49. The van der Waals surface area contributed by atoms with E-state index < -0.39 is 5.97 Å². The van der Waals surface area contributed by atoms with Crippen LogP contribution in [0.2, 0.25) is 5.02 Å². The molecule has 0 unspecified atom stereocenters. The molecule has 1 N–H and O–H groups in total. The molecule has 16 heavy (non-hydrogen) atoms. The zero-order valence-electron chi connectivity index (χ0n) is 9.00. The topological polar surface area (TPSA) is 46.5 Å². The number of para-hydroxylation sites is 1. The van der Waals surface area contributed by atoms with Gasteiger partial charge < -0.3 is 9.84 Å². The maximum atomic E-state index is 10.8. The standard InChI is InChI=1S/C12H13ClO3/c1-16-11-8(3-2-4-9(11)13)12(5-6-12)7-10(14)15/h2-4H,5-7H2,1H3,(H,14,15). The van der Waals surface area contributed by atoms with Gasteiger partial charge >= 0.3 is 5.97 Å². The zero-order chi connectivity index (χ0) is 11.8. The number of methoxy groups -OCH3 is 1. The van der Waals surface area contributed by atoms with Crippen LogP contribution in [-0.4, -0.2) is 18.2 Å². The minimum Gasteiger partial charge on any atom is -0.495 e. The van der Waals surface area contributed by atoms with Crippen LogP contribution < -0.4 is 4.74 Å². The van der Waals surface area contributed by atoms with E-state index in [9.17, 15) is 4.79 Å². The number of rotatable bonds is 4. The molecule has 1 aliphatic rings. The van der Waals surface area contributed by atoms with E-state index in [1.807, 2.05) is 12.1 Å². The van der Waals surface area contributed by atoms with Crippen LogP contribution in [0, 0.1) is 0 Å². The van der Waals surface area contributed by atoms with Crippen LogP contribution in [-0.2, 0) is 10.2 Å². The van der Waals surface area contributed by atoms with Crippen LogP contribution in [0.5, 0.6) is 5.75 Å². The average molecular weight is 241 g/mol. The number of benzene rings is 1.